The Hall–Kier alpha value is -3.43. The normalized spacial score (nSPS) is 22.9. The second-order valence-corrected chi connectivity index (χ2v) is 17.3. The molecule has 0 radical (unpaired) electrons. The number of aryl methyl sites for hydroxylation is 1. The summed E-state index contributed by atoms with van der Waals surface area (Å²) in [6, 6.07) is 11.5. The van der Waals surface area contributed by atoms with E-state index in [-0.39, 0.29) is 11.2 Å². The highest BCUT2D eigenvalue weighted by Crippen LogP contribution is 2.48. The number of amidine groups is 1. The number of fused-ring (bicyclic) bond motifs is 1. The fourth-order valence-corrected chi connectivity index (χ4v) is 6.87. The van der Waals surface area contributed by atoms with Gasteiger partial charge in [0.05, 0.1) is 46.1 Å². The molecule has 3 aliphatic heterocycles. The third kappa shape index (κ3) is 4.47. The molecule has 3 aliphatic rings. The molecule has 9 heteroatoms. The van der Waals surface area contributed by atoms with Crippen LogP contribution in [0.2, 0.25) is 19.6 Å². The predicted octanol–water partition coefficient (Wildman–Crippen LogP) is 5.20. The first-order chi connectivity index (χ1) is 18.5. The summed E-state index contributed by atoms with van der Waals surface area (Å²) in [4.78, 5) is 12.7. The first-order valence-corrected chi connectivity index (χ1v) is 16.8. The van der Waals surface area contributed by atoms with Crippen molar-refractivity contribution in [3.63, 3.8) is 0 Å². The van der Waals surface area contributed by atoms with Gasteiger partial charge in [0.2, 0.25) is 5.72 Å². The van der Waals surface area contributed by atoms with E-state index < -0.39 is 13.8 Å². The maximum Gasteiger partial charge on any atom is 0.234 e. The van der Waals surface area contributed by atoms with Gasteiger partial charge in [-0.1, -0.05) is 42.1 Å². The van der Waals surface area contributed by atoms with E-state index in [2.05, 4.69) is 52.9 Å². The summed E-state index contributed by atoms with van der Waals surface area (Å²) in [7, 11) is -0.0723. The lowest BCUT2D eigenvalue weighted by Crippen LogP contribution is -2.60. The van der Waals surface area contributed by atoms with E-state index in [0.29, 0.717) is 13.2 Å². The van der Waals surface area contributed by atoms with Crippen molar-refractivity contribution in [3.8, 4) is 11.4 Å². The number of hydrogen-bond acceptors (Lipinski definition) is 6. The topological polar surface area (TPSA) is 61.1 Å². The van der Waals surface area contributed by atoms with E-state index in [1.54, 1.807) is 25.6 Å². The highest BCUT2D eigenvalue weighted by molar-refractivity contribution is 6.88. The SMILES string of the molecule is COc1cc(/C=C2\CC3(COC3)CN3C2=NOC3(C)c2cc(F)cc([Si](C)(C)C)c2)ccc1-n1cnc(C)c1. The van der Waals surface area contributed by atoms with Gasteiger partial charge in [0.25, 0.3) is 0 Å². The lowest BCUT2D eigenvalue weighted by Gasteiger charge is -2.51. The third-order valence-corrected chi connectivity index (χ3v) is 10.1. The molecule has 39 heavy (non-hydrogen) atoms. The molecular formula is C30H35FN4O3Si. The van der Waals surface area contributed by atoms with Crippen LogP contribution in [0.1, 0.15) is 30.2 Å². The van der Waals surface area contributed by atoms with Crippen molar-refractivity contribution in [2.75, 3.05) is 26.9 Å². The maximum atomic E-state index is 14.9. The standard InChI is InChI=1S/C30H35FN4O3Si/c1-20-15-34(19-32-20)26-8-7-21(10-27(26)36-3)9-22-14-30(17-37-18-30)16-35-28(22)33-38-29(35,2)23-11-24(31)13-25(12-23)39(4,5)6/h7-13,15,19H,14,16-18H2,1-6H3/b22-9+. The van der Waals surface area contributed by atoms with Gasteiger partial charge in [-0.3, -0.25) is 0 Å². The second-order valence-electron chi connectivity index (χ2n) is 12.2. The molecule has 0 amide bonds. The molecule has 4 heterocycles. The van der Waals surface area contributed by atoms with Gasteiger partial charge in [-0.05, 0) is 54.8 Å². The highest BCUT2D eigenvalue weighted by Gasteiger charge is 2.54. The number of halogens is 1. The molecule has 1 aromatic heterocycles. The van der Waals surface area contributed by atoms with Crippen LogP contribution in [0.5, 0.6) is 5.75 Å². The minimum Gasteiger partial charge on any atom is -0.495 e. The Morgan fingerprint density at radius 2 is 1.92 bits per heavy atom. The number of methoxy groups -OCH3 is 1. The molecule has 2 saturated heterocycles. The fraction of sp³-hybridized carbons (Fsp3) is 0.400. The lowest BCUT2D eigenvalue weighted by atomic mass is 9.74. The van der Waals surface area contributed by atoms with Crippen molar-refractivity contribution in [3.05, 3.63) is 77.1 Å². The van der Waals surface area contributed by atoms with Crippen LogP contribution in [0.4, 0.5) is 4.39 Å². The van der Waals surface area contributed by atoms with E-state index >= 15 is 0 Å². The fourth-order valence-electron chi connectivity index (χ4n) is 5.71. The smallest absolute Gasteiger partial charge is 0.234 e. The number of ether oxygens (including phenoxy) is 2. The third-order valence-electron chi connectivity index (χ3n) is 8.08. The minimum absolute atomic E-state index is 0.0346. The van der Waals surface area contributed by atoms with Gasteiger partial charge in [-0.15, -0.1) is 0 Å². The van der Waals surface area contributed by atoms with Crippen LogP contribution in [0.25, 0.3) is 11.8 Å². The van der Waals surface area contributed by atoms with Crippen LogP contribution < -0.4 is 9.92 Å². The van der Waals surface area contributed by atoms with Crippen molar-refractivity contribution in [2.45, 2.75) is 45.6 Å². The first-order valence-electron chi connectivity index (χ1n) is 13.3. The van der Waals surface area contributed by atoms with Gasteiger partial charge in [-0.2, -0.15) is 0 Å². The highest BCUT2D eigenvalue weighted by atomic mass is 28.3. The molecule has 0 bridgehead atoms. The van der Waals surface area contributed by atoms with Crippen LogP contribution in [-0.4, -0.2) is 55.2 Å². The van der Waals surface area contributed by atoms with Gasteiger partial charge in [-0.25, -0.2) is 9.37 Å². The minimum atomic E-state index is -1.75. The van der Waals surface area contributed by atoms with E-state index in [0.717, 1.165) is 57.8 Å². The summed E-state index contributed by atoms with van der Waals surface area (Å²) in [5.74, 6) is 1.31. The molecule has 1 atom stereocenters. The molecule has 0 N–H and O–H groups in total. The lowest BCUT2D eigenvalue weighted by molar-refractivity contribution is -0.159. The quantitative estimate of drug-likeness (QED) is 0.412. The zero-order valence-electron chi connectivity index (χ0n) is 23.4. The molecule has 0 aliphatic carbocycles. The number of nitrogens with zero attached hydrogens (tertiary/aromatic N) is 4. The Kier molecular flexibility index (Phi) is 6.00. The molecule has 204 valence electrons. The summed E-state index contributed by atoms with van der Waals surface area (Å²) in [5.41, 5.74) is 3.79. The Balaban J connectivity index is 1.39. The number of piperidine rings is 1. The average molecular weight is 547 g/mol. The molecular weight excluding hydrogens is 511 g/mol. The first kappa shape index (κ1) is 25.8. The molecule has 3 aromatic rings. The van der Waals surface area contributed by atoms with Crippen LogP contribution in [0.3, 0.4) is 0 Å². The number of hydrogen-bond donors (Lipinski definition) is 0. The number of benzene rings is 2. The van der Waals surface area contributed by atoms with Crippen LogP contribution >= 0.6 is 0 Å². The van der Waals surface area contributed by atoms with Crippen molar-refractivity contribution in [1.29, 1.82) is 0 Å². The summed E-state index contributed by atoms with van der Waals surface area (Å²) in [6.45, 7) is 12.7. The van der Waals surface area contributed by atoms with Crippen molar-refractivity contribution >= 4 is 25.2 Å². The van der Waals surface area contributed by atoms with Crippen LogP contribution in [-0.2, 0) is 15.3 Å². The van der Waals surface area contributed by atoms with Crippen molar-refractivity contribution in [2.24, 2.45) is 10.6 Å². The molecule has 6 rings (SSSR count). The van der Waals surface area contributed by atoms with Gasteiger partial charge in [0.15, 0.2) is 5.84 Å². The Bertz CT molecular complexity index is 1500. The average Bonchev–Trinajstić information content (AvgIpc) is 3.46. The van der Waals surface area contributed by atoms with E-state index in [9.17, 15) is 4.39 Å². The molecule has 2 aromatic carbocycles. The molecule has 1 unspecified atom stereocenters. The Labute approximate surface area is 229 Å². The number of imidazole rings is 1. The van der Waals surface area contributed by atoms with E-state index in [1.807, 2.05) is 36.7 Å². The predicted molar refractivity (Wildman–Crippen MR) is 153 cm³/mol. The van der Waals surface area contributed by atoms with Crippen LogP contribution in [0.15, 0.2) is 59.7 Å². The van der Waals surface area contributed by atoms with E-state index in [1.165, 1.54) is 0 Å². The summed E-state index contributed by atoms with van der Waals surface area (Å²) < 4.78 is 28.3. The van der Waals surface area contributed by atoms with Crippen molar-refractivity contribution < 1.29 is 18.7 Å². The largest absolute Gasteiger partial charge is 0.495 e. The monoisotopic (exact) mass is 546 g/mol. The molecule has 7 nitrogen and oxygen atoms in total. The maximum absolute atomic E-state index is 14.9. The number of rotatable bonds is 5. The second kappa shape index (κ2) is 9.06. The van der Waals surface area contributed by atoms with Crippen LogP contribution in [0, 0.1) is 18.2 Å². The zero-order chi connectivity index (χ0) is 27.6. The van der Waals surface area contributed by atoms with Gasteiger partial charge in [0, 0.05) is 30.6 Å². The summed E-state index contributed by atoms with van der Waals surface area (Å²) in [5, 5.41) is 5.66. The summed E-state index contributed by atoms with van der Waals surface area (Å²) in [6.07, 6.45) is 6.75. The number of aromatic nitrogens is 2. The van der Waals surface area contributed by atoms with Gasteiger partial charge in [0.1, 0.15) is 11.6 Å². The molecule has 0 saturated carbocycles. The Morgan fingerprint density at radius 1 is 1.13 bits per heavy atom. The van der Waals surface area contributed by atoms with Crippen molar-refractivity contribution in [1.82, 2.24) is 14.5 Å². The summed E-state index contributed by atoms with van der Waals surface area (Å²) >= 11 is 0. The zero-order valence-corrected chi connectivity index (χ0v) is 24.4. The van der Waals surface area contributed by atoms with Gasteiger partial charge >= 0.3 is 0 Å². The Morgan fingerprint density at radius 3 is 2.56 bits per heavy atom. The van der Waals surface area contributed by atoms with E-state index in [4.69, 9.17) is 14.3 Å². The number of oxime groups is 1. The molecule has 2 fully saturated rings. The molecule has 1 spiro atoms. The van der Waals surface area contributed by atoms with Gasteiger partial charge < -0.3 is 23.8 Å².